The molecule has 0 saturated carbocycles. The summed E-state index contributed by atoms with van der Waals surface area (Å²) in [6, 6.07) is 1.72. The van der Waals surface area contributed by atoms with Gasteiger partial charge in [0.25, 0.3) is 0 Å². The molecule has 2 heterocycles. The quantitative estimate of drug-likeness (QED) is 0.812. The van der Waals surface area contributed by atoms with Crippen molar-refractivity contribution >= 4 is 15.8 Å². The molecular weight excluding hydrogens is 214 g/mol. The molecule has 1 N–H and O–H groups in total. The van der Waals surface area contributed by atoms with E-state index in [4.69, 9.17) is 0 Å². The molecule has 0 bridgehead atoms. The van der Waals surface area contributed by atoms with Crippen molar-refractivity contribution in [2.24, 2.45) is 0 Å². The molecule has 5 nitrogen and oxygen atoms in total. The SMILES string of the molecule is O=S1(=O)CCCC1CNc1ncccn1. The van der Waals surface area contributed by atoms with Crippen molar-refractivity contribution in [2.45, 2.75) is 18.1 Å². The fourth-order valence-corrected chi connectivity index (χ4v) is 3.45. The lowest BCUT2D eigenvalue weighted by molar-refractivity contribution is 0.591. The second-order valence-electron chi connectivity index (χ2n) is 3.58. The van der Waals surface area contributed by atoms with Crippen molar-refractivity contribution in [2.75, 3.05) is 17.6 Å². The Kier molecular flexibility index (Phi) is 2.86. The first-order chi connectivity index (χ1) is 7.18. The lowest BCUT2D eigenvalue weighted by Crippen LogP contribution is -2.25. The molecule has 1 aromatic heterocycles. The summed E-state index contributed by atoms with van der Waals surface area (Å²) >= 11 is 0. The lowest BCUT2D eigenvalue weighted by Gasteiger charge is -2.09. The van der Waals surface area contributed by atoms with Gasteiger partial charge in [-0.25, -0.2) is 18.4 Å². The van der Waals surface area contributed by atoms with Crippen LogP contribution in [-0.4, -0.2) is 35.9 Å². The van der Waals surface area contributed by atoms with Gasteiger partial charge < -0.3 is 5.32 Å². The Morgan fingerprint density at radius 1 is 1.40 bits per heavy atom. The van der Waals surface area contributed by atoms with Gasteiger partial charge in [-0.05, 0) is 18.9 Å². The topological polar surface area (TPSA) is 72.0 Å². The van der Waals surface area contributed by atoms with Crippen LogP contribution in [0.4, 0.5) is 5.95 Å². The molecule has 1 aromatic rings. The summed E-state index contributed by atoms with van der Waals surface area (Å²) in [5.74, 6) is 0.800. The van der Waals surface area contributed by atoms with Crippen LogP contribution < -0.4 is 5.32 Å². The van der Waals surface area contributed by atoms with Gasteiger partial charge in [0.2, 0.25) is 5.95 Å². The van der Waals surface area contributed by atoms with Crippen LogP contribution in [-0.2, 0) is 9.84 Å². The van der Waals surface area contributed by atoms with Gasteiger partial charge in [0.15, 0.2) is 9.84 Å². The second-order valence-corrected chi connectivity index (χ2v) is 5.99. The third-order valence-corrected chi connectivity index (χ3v) is 4.79. The van der Waals surface area contributed by atoms with E-state index in [9.17, 15) is 8.42 Å². The van der Waals surface area contributed by atoms with Crippen molar-refractivity contribution in [1.29, 1.82) is 0 Å². The predicted molar refractivity (Wildman–Crippen MR) is 57.3 cm³/mol. The smallest absolute Gasteiger partial charge is 0.222 e. The van der Waals surface area contributed by atoms with Crippen LogP contribution in [0, 0.1) is 0 Å². The van der Waals surface area contributed by atoms with E-state index in [1.807, 2.05) is 0 Å². The molecule has 1 unspecified atom stereocenters. The van der Waals surface area contributed by atoms with Crippen molar-refractivity contribution < 1.29 is 8.42 Å². The maximum absolute atomic E-state index is 11.5. The van der Waals surface area contributed by atoms with E-state index < -0.39 is 9.84 Å². The van der Waals surface area contributed by atoms with Gasteiger partial charge >= 0.3 is 0 Å². The Morgan fingerprint density at radius 2 is 2.13 bits per heavy atom. The van der Waals surface area contributed by atoms with Crippen LogP contribution in [0.1, 0.15) is 12.8 Å². The summed E-state index contributed by atoms with van der Waals surface area (Å²) in [6.07, 6.45) is 4.75. The first kappa shape index (κ1) is 10.4. The van der Waals surface area contributed by atoms with Gasteiger partial charge in [-0.15, -0.1) is 0 Å². The fourth-order valence-electron chi connectivity index (χ4n) is 1.68. The minimum absolute atomic E-state index is 0.277. The molecule has 82 valence electrons. The Labute approximate surface area is 88.9 Å². The highest BCUT2D eigenvalue weighted by molar-refractivity contribution is 7.92. The number of nitrogens with zero attached hydrogens (tertiary/aromatic N) is 2. The Bertz CT molecular complexity index is 418. The Hall–Kier alpha value is -1.17. The third kappa shape index (κ3) is 2.44. The van der Waals surface area contributed by atoms with Gasteiger partial charge in [0.05, 0.1) is 11.0 Å². The molecule has 2 rings (SSSR count). The molecule has 1 atom stereocenters. The molecule has 0 amide bonds. The van der Waals surface area contributed by atoms with E-state index >= 15 is 0 Å². The van der Waals surface area contributed by atoms with Crippen LogP contribution in [0.25, 0.3) is 0 Å². The molecule has 0 aromatic carbocycles. The average molecular weight is 227 g/mol. The number of aromatic nitrogens is 2. The first-order valence-electron chi connectivity index (χ1n) is 4.91. The van der Waals surface area contributed by atoms with Crippen LogP contribution in [0.2, 0.25) is 0 Å². The second kappa shape index (κ2) is 4.14. The maximum Gasteiger partial charge on any atom is 0.222 e. The van der Waals surface area contributed by atoms with E-state index in [0.717, 1.165) is 12.8 Å². The Balaban J connectivity index is 1.94. The highest BCUT2D eigenvalue weighted by Crippen LogP contribution is 2.19. The predicted octanol–water partition coefficient (Wildman–Crippen LogP) is 0.466. The van der Waals surface area contributed by atoms with Crippen molar-refractivity contribution in [3.8, 4) is 0 Å². The third-order valence-electron chi connectivity index (χ3n) is 2.52. The minimum Gasteiger partial charge on any atom is -0.353 e. The molecule has 1 saturated heterocycles. The van der Waals surface area contributed by atoms with Gasteiger partial charge in [-0.1, -0.05) is 0 Å². The number of sulfone groups is 1. The van der Waals surface area contributed by atoms with E-state index in [2.05, 4.69) is 15.3 Å². The normalized spacial score (nSPS) is 23.9. The largest absolute Gasteiger partial charge is 0.353 e. The first-order valence-corrected chi connectivity index (χ1v) is 6.62. The van der Waals surface area contributed by atoms with Crippen molar-refractivity contribution in [1.82, 2.24) is 9.97 Å². The molecule has 0 radical (unpaired) electrons. The zero-order valence-electron chi connectivity index (χ0n) is 8.26. The summed E-state index contributed by atoms with van der Waals surface area (Å²) in [6.45, 7) is 0.409. The number of hydrogen-bond donors (Lipinski definition) is 1. The van der Waals surface area contributed by atoms with Crippen LogP contribution in [0.15, 0.2) is 18.5 Å². The van der Waals surface area contributed by atoms with Crippen molar-refractivity contribution in [3.05, 3.63) is 18.5 Å². The average Bonchev–Trinajstić information content (AvgIpc) is 2.56. The van der Waals surface area contributed by atoms with Gasteiger partial charge in [0.1, 0.15) is 0 Å². The zero-order chi connectivity index (χ0) is 10.7. The highest BCUT2D eigenvalue weighted by Gasteiger charge is 2.30. The molecule has 0 spiro atoms. The zero-order valence-corrected chi connectivity index (χ0v) is 9.07. The summed E-state index contributed by atoms with van der Waals surface area (Å²) in [7, 11) is -2.88. The van der Waals surface area contributed by atoms with Crippen LogP contribution in [0.5, 0.6) is 0 Å². The van der Waals surface area contributed by atoms with Crippen LogP contribution >= 0.6 is 0 Å². The van der Waals surface area contributed by atoms with E-state index in [0.29, 0.717) is 18.2 Å². The van der Waals surface area contributed by atoms with Crippen molar-refractivity contribution in [3.63, 3.8) is 0 Å². The summed E-state index contributed by atoms with van der Waals surface area (Å²) in [5.41, 5.74) is 0. The molecule has 6 heteroatoms. The molecule has 1 aliphatic heterocycles. The number of hydrogen-bond acceptors (Lipinski definition) is 5. The van der Waals surface area contributed by atoms with Gasteiger partial charge in [-0.2, -0.15) is 0 Å². The minimum atomic E-state index is -2.88. The van der Waals surface area contributed by atoms with Crippen LogP contribution in [0.3, 0.4) is 0 Å². The van der Waals surface area contributed by atoms with E-state index in [1.54, 1.807) is 18.5 Å². The monoisotopic (exact) mass is 227 g/mol. The lowest BCUT2D eigenvalue weighted by atomic mass is 10.2. The maximum atomic E-state index is 11.5. The van der Waals surface area contributed by atoms with E-state index in [-0.39, 0.29) is 5.25 Å². The summed E-state index contributed by atoms with van der Waals surface area (Å²) in [5, 5.41) is 2.66. The molecule has 1 aliphatic rings. The highest BCUT2D eigenvalue weighted by atomic mass is 32.2. The number of rotatable bonds is 3. The molecule has 15 heavy (non-hydrogen) atoms. The van der Waals surface area contributed by atoms with E-state index in [1.165, 1.54) is 0 Å². The molecule has 1 fully saturated rings. The summed E-state index contributed by atoms with van der Waals surface area (Å²) < 4.78 is 23.0. The van der Waals surface area contributed by atoms with Gasteiger partial charge in [-0.3, -0.25) is 0 Å². The Morgan fingerprint density at radius 3 is 2.73 bits per heavy atom. The number of nitrogens with one attached hydrogen (secondary N) is 1. The standard InChI is InChI=1S/C9H13N3O2S/c13-15(14)6-1-3-8(15)7-12-9-10-4-2-5-11-9/h2,4-5,8H,1,3,6-7H2,(H,10,11,12). The fraction of sp³-hybridized carbons (Fsp3) is 0.556. The summed E-state index contributed by atoms with van der Waals surface area (Å²) in [4.78, 5) is 7.94. The molecular formula is C9H13N3O2S. The number of anilines is 1. The molecule has 0 aliphatic carbocycles. The van der Waals surface area contributed by atoms with Gasteiger partial charge in [0, 0.05) is 18.9 Å².